The molecule has 0 bridgehead atoms. The maximum atomic E-state index is 12.8. The van der Waals surface area contributed by atoms with Crippen LogP contribution in [0.15, 0.2) is 54.6 Å². The average Bonchev–Trinajstić information content (AvgIpc) is 2.53. The van der Waals surface area contributed by atoms with Crippen LogP contribution in [0.25, 0.3) is 6.08 Å². The van der Waals surface area contributed by atoms with E-state index in [-0.39, 0.29) is 12.2 Å². The zero-order valence-electron chi connectivity index (χ0n) is 12.1. The molecule has 0 unspecified atom stereocenters. The molecule has 118 valence electrons. The van der Waals surface area contributed by atoms with Gasteiger partial charge in [-0.25, -0.2) is 4.39 Å². The molecule has 0 aliphatic heterocycles. The fourth-order valence-corrected chi connectivity index (χ4v) is 1.99. The van der Waals surface area contributed by atoms with Crippen LogP contribution in [0.5, 0.6) is 0 Å². The van der Waals surface area contributed by atoms with Crippen LogP contribution in [0.4, 0.5) is 4.39 Å². The number of benzene rings is 2. The maximum absolute atomic E-state index is 12.8. The maximum Gasteiger partial charge on any atom is 0.262 e. The van der Waals surface area contributed by atoms with Crippen LogP contribution in [0, 0.1) is 5.82 Å². The number of amides is 2. The molecule has 0 saturated carbocycles. The molecule has 0 aliphatic rings. The second-order valence-electron chi connectivity index (χ2n) is 4.73. The number of nitrogens with one attached hydrogen (secondary N) is 2. The molecule has 0 radical (unpaired) electrons. The predicted octanol–water partition coefficient (Wildman–Crippen LogP) is 2.88. The van der Waals surface area contributed by atoms with Crippen molar-refractivity contribution >= 4 is 29.5 Å². The number of hydrogen-bond acceptors (Lipinski definition) is 2. The summed E-state index contributed by atoms with van der Waals surface area (Å²) in [6, 6.07) is 12.6. The Morgan fingerprint density at radius 1 is 1.09 bits per heavy atom. The molecular formula is C17H14ClFN2O2. The van der Waals surface area contributed by atoms with Crippen LogP contribution in [0.2, 0.25) is 5.02 Å². The van der Waals surface area contributed by atoms with Gasteiger partial charge in [0.2, 0.25) is 5.91 Å². The lowest BCUT2D eigenvalue weighted by molar-refractivity contribution is -0.126. The normalized spacial score (nSPS) is 10.5. The van der Waals surface area contributed by atoms with Gasteiger partial charge in [-0.1, -0.05) is 35.9 Å². The summed E-state index contributed by atoms with van der Waals surface area (Å²) in [5.41, 5.74) is 5.96. The molecule has 2 amide bonds. The van der Waals surface area contributed by atoms with Crippen molar-refractivity contribution in [2.24, 2.45) is 0 Å². The Hall–Kier alpha value is -2.66. The summed E-state index contributed by atoms with van der Waals surface area (Å²) >= 11 is 5.83. The molecule has 6 heteroatoms. The van der Waals surface area contributed by atoms with E-state index in [2.05, 4.69) is 10.9 Å². The summed E-state index contributed by atoms with van der Waals surface area (Å²) < 4.78 is 12.8. The standard InChI is InChI=1S/C17H14ClFN2O2/c18-14-3-1-2-12(10-14)6-9-16(22)20-21-17(23)11-13-4-7-15(19)8-5-13/h1-10H,11H2,(H,20,22)(H,21,23)/b9-6+. The molecule has 23 heavy (non-hydrogen) atoms. The van der Waals surface area contributed by atoms with Gasteiger partial charge in [0.1, 0.15) is 5.82 Å². The summed E-state index contributed by atoms with van der Waals surface area (Å²) in [5, 5.41) is 0.570. The van der Waals surface area contributed by atoms with Gasteiger partial charge < -0.3 is 0 Å². The van der Waals surface area contributed by atoms with Gasteiger partial charge in [-0.2, -0.15) is 0 Å². The highest BCUT2D eigenvalue weighted by atomic mass is 35.5. The lowest BCUT2D eigenvalue weighted by Crippen LogP contribution is -2.41. The molecule has 4 nitrogen and oxygen atoms in total. The Morgan fingerprint density at radius 3 is 2.52 bits per heavy atom. The largest absolute Gasteiger partial charge is 0.273 e. The van der Waals surface area contributed by atoms with Crippen LogP contribution in [0.1, 0.15) is 11.1 Å². The molecule has 0 aromatic heterocycles. The van der Waals surface area contributed by atoms with Gasteiger partial charge >= 0.3 is 0 Å². The Balaban J connectivity index is 1.79. The highest BCUT2D eigenvalue weighted by molar-refractivity contribution is 6.30. The Kier molecular flexibility index (Phi) is 5.88. The van der Waals surface area contributed by atoms with Crippen LogP contribution < -0.4 is 10.9 Å². The highest BCUT2D eigenvalue weighted by Gasteiger charge is 2.04. The van der Waals surface area contributed by atoms with Crippen molar-refractivity contribution in [3.8, 4) is 0 Å². The van der Waals surface area contributed by atoms with Crippen LogP contribution in [0.3, 0.4) is 0 Å². The van der Waals surface area contributed by atoms with Gasteiger partial charge in [-0.05, 0) is 41.5 Å². The van der Waals surface area contributed by atoms with Crippen molar-refractivity contribution in [1.29, 1.82) is 0 Å². The molecule has 0 fully saturated rings. The zero-order chi connectivity index (χ0) is 16.7. The number of halogens is 2. The summed E-state index contributed by atoms with van der Waals surface area (Å²) in [5.74, 6) is -1.24. The van der Waals surface area contributed by atoms with Gasteiger partial charge in [0.05, 0.1) is 6.42 Å². The summed E-state index contributed by atoms with van der Waals surface area (Å²) in [6.45, 7) is 0. The van der Waals surface area contributed by atoms with Crippen molar-refractivity contribution in [2.45, 2.75) is 6.42 Å². The first kappa shape index (κ1) is 16.7. The first-order chi connectivity index (χ1) is 11.0. The molecule has 0 saturated heterocycles. The fourth-order valence-electron chi connectivity index (χ4n) is 1.79. The van der Waals surface area contributed by atoms with E-state index in [0.717, 1.165) is 5.56 Å². The van der Waals surface area contributed by atoms with Gasteiger partial charge in [0.25, 0.3) is 5.91 Å². The van der Waals surface area contributed by atoms with Crippen molar-refractivity contribution in [2.75, 3.05) is 0 Å². The SMILES string of the molecule is O=C(/C=C/c1cccc(Cl)c1)NNC(=O)Cc1ccc(F)cc1. The van der Waals surface area contributed by atoms with Crippen LogP contribution in [-0.4, -0.2) is 11.8 Å². The minimum Gasteiger partial charge on any atom is -0.273 e. The van der Waals surface area contributed by atoms with Crippen molar-refractivity contribution in [1.82, 2.24) is 10.9 Å². The predicted molar refractivity (Wildman–Crippen MR) is 86.9 cm³/mol. The molecule has 2 rings (SSSR count). The second kappa shape index (κ2) is 8.10. The second-order valence-corrected chi connectivity index (χ2v) is 5.17. The smallest absolute Gasteiger partial charge is 0.262 e. The van der Waals surface area contributed by atoms with Crippen molar-refractivity contribution < 1.29 is 14.0 Å². The van der Waals surface area contributed by atoms with E-state index in [1.54, 1.807) is 30.3 Å². The van der Waals surface area contributed by atoms with E-state index >= 15 is 0 Å². The Bertz CT molecular complexity index is 730. The number of carbonyl (C=O) groups is 2. The molecule has 2 aromatic carbocycles. The third-order valence-electron chi connectivity index (χ3n) is 2.88. The fraction of sp³-hybridized carbons (Fsp3) is 0.0588. The first-order valence-corrected chi connectivity index (χ1v) is 7.17. The van der Waals surface area contributed by atoms with E-state index in [1.165, 1.54) is 30.3 Å². The summed E-state index contributed by atoms with van der Waals surface area (Å²) in [4.78, 5) is 23.3. The van der Waals surface area contributed by atoms with E-state index in [4.69, 9.17) is 11.6 Å². The average molecular weight is 333 g/mol. The number of carbonyl (C=O) groups excluding carboxylic acids is 2. The third kappa shape index (κ3) is 5.92. The van der Waals surface area contributed by atoms with E-state index < -0.39 is 11.8 Å². The lowest BCUT2D eigenvalue weighted by Gasteiger charge is -2.05. The van der Waals surface area contributed by atoms with Gasteiger partial charge in [-0.3, -0.25) is 20.4 Å². The number of hydrazine groups is 1. The molecular weight excluding hydrogens is 319 g/mol. The van der Waals surface area contributed by atoms with Gasteiger partial charge in [0.15, 0.2) is 0 Å². The minimum atomic E-state index is -0.475. The summed E-state index contributed by atoms with van der Waals surface area (Å²) in [6.07, 6.45) is 2.90. The van der Waals surface area contributed by atoms with Crippen molar-refractivity contribution in [3.63, 3.8) is 0 Å². The van der Waals surface area contributed by atoms with Gasteiger partial charge in [0, 0.05) is 11.1 Å². The van der Waals surface area contributed by atoms with Crippen molar-refractivity contribution in [3.05, 3.63) is 76.6 Å². The lowest BCUT2D eigenvalue weighted by atomic mass is 10.1. The first-order valence-electron chi connectivity index (χ1n) is 6.80. The molecule has 0 heterocycles. The van der Waals surface area contributed by atoms with Gasteiger partial charge in [-0.15, -0.1) is 0 Å². The highest BCUT2D eigenvalue weighted by Crippen LogP contribution is 2.11. The topological polar surface area (TPSA) is 58.2 Å². The van der Waals surface area contributed by atoms with E-state index in [9.17, 15) is 14.0 Å². The van der Waals surface area contributed by atoms with E-state index in [0.29, 0.717) is 10.6 Å². The molecule has 2 N–H and O–H groups in total. The molecule has 2 aromatic rings. The van der Waals surface area contributed by atoms with Crippen LogP contribution in [-0.2, 0) is 16.0 Å². The quantitative estimate of drug-likeness (QED) is 0.668. The summed E-state index contributed by atoms with van der Waals surface area (Å²) in [7, 11) is 0. The molecule has 0 atom stereocenters. The Labute approximate surface area is 137 Å². The van der Waals surface area contributed by atoms with Crippen LogP contribution >= 0.6 is 11.6 Å². The minimum absolute atomic E-state index is 0.0402. The Morgan fingerprint density at radius 2 is 1.83 bits per heavy atom. The molecule has 0 aliphatic carbocycles. The monoisotopic (exact) mass is 332 g/mol. The van der Waals surface area contributed by atoms with E-state index in [1.807, 2.05) is 0 Å². The zero-order valence-corrected chi connectivity index (χ0v) is 12.8. The molecule has 0 spiro atoms. The number of hydrogen-bond donors (Lipinski definition) is 2. The third-order valence-corrected chi connectivity index (χ3v) is 3.11. The number of rotatable bonds is 4.